The zero-order chi connectivity index (χ0) is 30.6. The maximum absolute atomic E-state index is 4.00. The maximum Gasteiger partial charge on any atom is 0.0397 e. The molecule has 0 radical (unpaired) electrons. The van der Waals surface area contributed by atoms with Crippen molar-refractivity contribution in [1.82, 2.24) is 5.32 Å². The molecule has 0 aliphatic heterocycles. The van der Waals surface area contributed by atoms with Crippen LogP contribution >= 0.6 is 0 Å². The van der Waals surface area contributed by atoms with Gasteiger partial charge in [0.25, 0.3) is 0 Å². The number of nitrogens with one attached hydrogen (secondary N) is 1. The molecule has 0 fully saturated rings. The summed E-state index contributed by atoms with van der Waals surface area (Å²) in [6, 6.07) is 27.5. The van der Waals surface area contributed by atoms with Gasteiger partial charge in [-0.25, -0.2) is 0 Å². The first kappa shape index (κ1) is 34.5. The average Bonchev–Trinajstić information content (AvgIpc) is 3.00. The first-order valence-electron chi connectivity index (χ1n) is 14.0. The fourth-order valence-corrected chi connectivity index (χ4v) is 3.89. The van der Waals surface area contributed by atoms with E-state index in [9.17, 15) is 0 Å². The topological polar surface area (TPSA) is 12.0 Å². The van der Waals surface area contributed by atoms with Gasteiger partial charge in [0, 0.05) is 12.2 Å². The predicted molar refractivity (Wildman–Crippen MR) is 184 cm³/mol. The van der Waals surface area contributed by atoms with E-state index >= 15 is 0 Å². The largest absolute Gasteiger partial charge is 0.384 e. The van der Waals surface area contributed by atoms with E-state index in [1.165, 1.54) is 44.5 Å². The summed E-state index contributed by atoms with van der Waals surface area (Å²) >= 11 is 0. The lowest BCUT2D eigenvalue weighted by Crippen LogP contribution is -2.11. The molecular weight excluding hydrogens is 494 g/mol. The number of aryl methyl sites for hydroxylation is 2. The number of terminal acetylenes is 1. The minimum Gasteiger partial charge on any atom is -0.384 e. The van der Waals surface area contributed by atoms with Crippen molar-refractivity contribution in [2.24, 2.45) is 0 Å². The van der Waals surface area contributed by atoms with Gasteiger partial charge in [-0.1, -0.05) is 129 Å². The third-order valence-corrected chi connectivity index (χ3v) is 6.46. The van der Waals surface area contributed by atoms with Gasteiger partial charge in [0.2, 0.25) is 0 Å². The minimum atomic E-state index is 0.831. The normalized spacial score (nSPS) is 11.8. The predicted octanol–water partition coefficient (Wildman–Crippen LogP) is 10.7. The summed E-state index contributed by atoms with van der Waals surface area (Å²) in [4.78, 5) is 0. The smallest absolute Gasteiger partial charge is 0.0397 e. The molecule has 0 saturated carbocycles. The molecule has 0 heterocycles. The highest BCUT2D eigenvalue weighted by atomic mass is 14.9. The molecule has 3 aromatic carbocycles. The van der Waals surface area contributed by atoms with E-state index in [-0.39, 0.29) is 0 Å². The number of hydrogen-bond acceptors (Lipinski definition) is 1. The van der Waals surface area contributed by atoms with Crippen LogP contribution in [0.4, 0.5) is 0 Å². The van der Waals surface area contributed by atoms with Crippen LogP contribution in [-0.2, 0) is 13.0 Å². The monoisotopic (exact) mass is 541 g/mol. The van der Waals surface area contributed by atoms with Gasteiger partial charge in [0.15, 0.2) is 0 Å². The molecule has 0 unspecified atom stereocenters. The van der Waals surface area contributed by atoms with Crippen LogP contribution in [-0.4, -0.2) is 0 Å². The van der Waals surface area contributed by atoms with Crippen molar-refractivity contribution in [2.75, 3.05) is 0 Å². The van der Waals surface area contributed by atoms with Crippen molar-refractivity contribution in [3.8, 4) is 12.8 Å². The summed E-state index contributed by atoms with van der Waals surface area (Å²) in [5.41, 5.74) is 12.3. The molecule has 0 saturated heterocycles. The van der Waals surface area contributed by atoms with Crippen molar-refractivity contribution in [3.63, 3.8) is 0 Å². The maximum atomic E-state index is 4.00. The third-order valence-electron chi connectivity index (χ3n) is 6.46. The van der Waals surface area contributed by atoms with Crippen LogP contribution in [0.3, 0.4) is 0 Å². The van der Waals surface area contributed by atoms with E-state index < -0.39 is 0 Å². The Hall–Kier alpha value is -4.54. The SMILES string of the molecule is C#C.C=C(C)/C=C/c1ccccc1.C=C/C(C)=C(C)/C=C(\C=C(/C)NCc1cccc(CC)c1)c1ccccc1C. The van der Waals surface area contributed by atoms with Gasteiger partial charge in [-0.05, 0) is 91.7 Å². The average molecular weight is 542 g/mol. The Kier molecular flexibility index (Phi) is 16.4. The van der Waals surface area contributed by atoms with Crippen molar-refractivity contribution in [1.29, 1.82) is 0 Å². The zero-order valence-corrected chi connectivity index (χ0v) is 25.9. The molecule has 0 aromatic heterocycles. The van der Waals surface area contributed by atoms with Gasteiger partial charge in [0.05, 0.1) is 0 Å². The lowest BCUT2D eigenvalue weighted by atomic mass is 9.96. The van der Waals surface area contributed by atoms with E-state index in [0.29, 0.717) is 0 Å². The molecule has 3 aromatic rings. The van der Waals surface area contributed by atoms with E-state index in [0.717, 1.165) is 24.2 Å². The summed E-state index contributed by atoms with van der Waals surface area (Å²) in [5, 5.41) is 3.57. The Labute approximate surface area is 250 Å². The number of benzene rings is 3. The zero-order valence-electron chi connectivity index (χ0n) is 25.9. The van der Waals surface area contributed by atoms with Crippen molar-refractivity contribution >= 4 is 11.6 Å². The summed E-state index contributed by atoms with van der Waals surface area (Å²) < 4.78 is 0. The second-order valence-electron chi connectivity index (χ2n) is 9.93. The molecule has 0 bridgehead atoms. The molecule has 0 atom stereocenters. The van der Waals surface area contributed by atoms with Gasteiger partial charge < -0.3 is 5.32 Å². The molecule has 1 nitrogen and oxygen atoms in total. The van der Waals surface area contributed by atoms with E-state index in [4.69, 9.17) is 0 Å². The Bertz CT molecular complexity index is 1390. The van der Waals surface area contributed by atoms with Gasteiger partial charge in [-0.2, -0.15) is 0 Å². The summed E-state index contributed by atoms with van der Waals surface area (Å²) in [5.74, 6) is 0. The molecule has 1 N–H and O–H groups in total. The fraction of sp³-hybridized carbons (Fsp3) is 0.200. The summed E-state index contributed by atoms with van der Waals surface area (Å²) in [6.45, 7) is 21.2. The highest BCUT2D eigenvalue weighted by molar-refractivity contribution is 5.78. The quantitative estimate of drug-likeness (QED) is 0.199. The first-order chi connectivity index (χ1) is 19.7. The highest BCUT2D eigenvalue weighted by Crippen LogP contribution is 2.24. The number of allylic oxidation sites excluding steroid dienone is 9. The second kappa shape index (κ2) is 19.5. The Balaban J connectivity index is 0.000000538. The third kappa shape index (κ3) is 13.4. The van der Waals surface area contributed by atoms with E-state index in [1.54, 1.807) is 0 Å². The molecule has 3 rings (SSSR count). The number of hydrogen-bond donors (Lipinski definition) is 1. The molecular formula is C40H47N. The van der Waals surface area contributed by atoms with Crippen molar-refractivity contribution < 1.29 is 0 Å². The van der Waals surface area contributed by atoms with Gasteiger partial charge in [0.1, 0.15) is 0 Å². The van der Waals surface area contributed by atoms with Crippen LogP contribution in [0.2, 0.25) is 0 Å². The van der Waals surface area contributed by atoms with Crippen LogP contribution < -0.4 is 5.32 Å². The minimum absolute atomic E-state index is 0.831. The highest BCUT2D eigenvalue weighted by Gasteiger charge is 2.05. The Morgan fingerprint density at radius 2 is 1.44 bits per heavy atom. The van der Waals surface area contributed by atoms with Crippen molar-refractivity contribution in [3.05, 3.63) is 167 Å². The van der Waals surface area contributed by atoms with Crippen LogP contribution in [0.25, 0.3) is 11.6 Å². The molecule has 0 spiro atoms. The van der Waals surface area contributed by atoms with Crippen LogP contribution in [0.15, 0.2) is 139 Å². The van der Waals surface area contributed by atoms with Crippen LogP contribution in [0, 0.1) is 19.8 Å². The first-order valence-corrected chi connectivity index (χ1v) is 14.0. The standard InChI is InChI=1S/C27H33N.C11H12.C2H2/c1-7-20(3)22(5)16-26(27-15-10-9-12-21(27)4)17-23(6)28-19-25-14-11-13-24(8-2)18-25;1-10(2)8-9-11-6-4-3-5-7-11;1-2/h7,9-18,28H,1,8,19H2,2-6H3;3-9H,1H2,2H3;1-2H/b22-20+,23-17+,26-16+;9-8+;. The van der Waals surface area contributed by atoms with E-state index in [1.807, 2.05) is 37.3 Å². The van der Waals surface area contributed by atoms with Crippen molar-refractivity contribution in [2.45, 2.75) is 54.5 Å². The van der Waals surface area contributed by atoms with E-state index in [2.05, 4.69) is 145 Å². The Morgan fingerprint density at radius 1 is 0.805 bits per heavy atom. The lowest BCUT2D eigenvalue weighted by Gasteiger charge is -2.12. The molecule has 41 heavy (non-hydrogen) atoms. The van der Waals surface area contributed by atoms with Gasteiger partial charge >= 0.3 is 0 Å². The Morgan fingerprint density at radius 3 is 2.05 bits per heavy atom. The van der Waals surface area contributed by atoms with Gasteiger partial charge in [-0.3, -0.25) is 0 Å². The lowest BCUT2D eigenvalue weighted by molar-refractivity contribution is 0.810. The molecule has 0 aliphatic rings. The molecule has 0 aliphatic carbocycles. The summed E-state index contributed by atoms with van der Waals surface area (Å²) in [7, 11) is 0. The van der Waals surface area contributed by atoms with Crippen LogP contribution in [0.5, 0.6) is 0 Å². The van der Waals surface area contributed by atoms with Crippen LogP contribution in [0.1, 0.15) is 62.4 Å². The molecule has 212 valence electrons. The fourth-order valence-electron chi connectivity index (χ4n) is 3.89. The number of rotatable bonds is 10. The molecule has 1 heteroatoms. The van der Waals surface area contributed by atoms with Gasteiger partial charge in [-0.15, -0.1) is 12.8 Å². The second-order valence-corrected chi connectivity index (χ2v) is 9.93. The molecule has 0 amide bonds. The summed E-state index contributed by atoms with van der Waals surface area (Å²) in [6.07, 6.45) is 19.5.